The summed E-state index contributed by atoms with van der Waals surface area (Å²) in [6.07, 6.45) is 2.85. The molecule has 1 fully saturated rings. The third-order valence-electron chi connectivity index (χ3n) is 4.63. The molecule has 0 aromatic heterocycles. The lowest BCUT2D eigenvalue weighted by Crippen LogP contribution is -2.35. The highest BCUT2D eigenvalue weighted by Crippen LogP contribution is 2.20. The number of benzene rings is 2. The Hall–Kier alpha value is -2.44. The van der Waals surface area contributed by atoms with Gasteiger partial charge in [0.2, 0.25) is 5.91 Å². The second-order valence-electron chi connectivity index (χ2n) is 6.64. The van der Waals surface area contributed by atoms with Gasteiger partial charge in [0.15, 0.2) is 5.11 Å². The number of aryl methyl sites for hydroxylation is 1. The lowest BCUT2D eigenvalue weighted by molar-refractivity contribution is -0.119. The zero-order chi connectivity index (χ0) is 19.9. The second kappa shape index (κ2) is 9.66. The van der Waals surface area contributed by atoms with Crippen LogP contribution in [0.25, 0.3) is 0 Å². The predicted molar refractivity (Wildman–Crippen MR) is 116 cm³/mol. The zero-order valence-electron chi connectivity index (χ0n) is 15.4. The number of thiocarbonyl (C=S) groups is 1. The number of rotatable bonds is 5. The van der Waals surface area contributed by atoms with Crippen LogP contribution in [0.15, 0.2) is 48.5 Å². The molecular formula is C21H22ClN3O2S. The van der Waals surface area contributed by atoms with Crippen LogP contribution in [-0.4, -0.2) is 34.9 Å². The van der Waals surface area contributed by atoms with Crippen LogP contribution in [0.2, 0.25) is 5.02 Å². The molecule has 1 saturated heterocycles. The Bertz CT molecular complexity index is 881. The summed E-state index contributed by atoms with van der Waals surface area (Å²) in [5.41, 5.74) is 2.06. The molecule has 0 saturated carbocycles. The van der Waals surface area contributed by atoms with Crippen LogP contribution in [0.1, 0.15) is 35.2 Å². The maximum atomic E-state index is 12.7. The molecule has 3 rings (SSSR count). The Morgan fingerprint density at radius 2 is 1.71 bits per heavy atom. The quantitative estimate of drug-likeness (QED) is 0.724. The third kappa shape index (κ3) is 5.30. The first-order chi connectivity index (χ1) is 13.5. The maximum Gasteiger partial charge on any atom is 0.255 e. The molecule has 2 aromatic rings. The Morgan fingerprint density at radius 1 is 1.04 bits per heavy atom. The summed E-state index contributed by atoms with van der Waals surface area (Å²) in [5.74, 6) is -0.228. The van der Waals surface area contributed by atoms with Gasteiger partial charge in [0.25, 0.3) is 5.91 Å². The molecule has 1 heterocycles. The maximum absolute atomic E-state index is 12.7. The Kier molecular flexibility index (Phi) is 7.01. The number of carbonyl (C=O) groups excluding carboxylic acids is 2. The molecule has 7 heteroatoms. The molecule has 0 spiro atoms. The van der Waals surface area contributed by atoms with Crippen molar-refractivity contribution in [1.82, 2.24) is 10.2 Å². The molecule has 146 valence electrons. The molecule has 0 bridgehead atoms. The summed E-state index contributed by atoms with van der Waals surface area (Å²) < 4.78 is 0. The van der Waals surface area contributed by atoms with E-state index in [1.807, 2.05) is 35.2 Å². The fraction of sp³-hybridized carbons (Fsp3) is 0.286. The van der Waals surface area contributed by atoms with E-state index in [1.54, 1.807) is 18.2 Å². The zero-order valence-corrected chi connectivity index (χ0v) is 17.0. The lowest BCUT2D eigenvalue weighted by atomic mass is 10.1. The number of hydrogen-bond acceptors (Lipinski definition) is 3. The molecule has 2 amide bonds. The topological polar surface area (TPSA) is 61.4 Å². The fourth-order valence-corrected chi connectivity index (χ4v) is 3.62. The summed E-state index contributed by atoms with van der Waals surface area (Å²) in [7, 11) is 0. The first-order valence-electron chi connectivity index (χ1n) is 9.27. The number of nitrogens with zero attached hydrogens (tertiary/aromatic N) is 1. The Labute approximate surface area is 175 Å². The summed E-state index contributed by atoms with van der Waals surface area (Å²) in [5, 5.41) is 6.46. The van der Waals surface area contributed by atoms with Crippen LogP contribution in [0.3, 0.4) is 0 Å². The van der Waals surface area contributed by atoms with E-state index in [-0.39, 0.29) is 23.3 Å². The smallest absolute Gasteiger partial charge is 0.255 e. The van der Waals surface area contributed by atoms with Gasteiger partial charge in [-0.15, -0.1) is 0 Å². The summed E-state index contributed by atoms with van der Waals surface area (Å²) in [4.78, 5) is 26.7. The average Bonchev–Trinajstić information content (AvgIpc) is 3.22. The van der Waals surface area contributed by atoms with Crippen molar-refractivity contribution in [2.45, 2.75) is 25.7 Å². The highest BCUT2D eigenvalue weighted by atomic mass is 35.5. The number of nitrogens with one attached hydrogen (secondary N) is 2. The van der Waals surface area contributed by atoms with Crippen molar-refractivity contribution in [3.05, 3.63) is 64.7 Å². The molecule has 5 nitrogen and oxygen atoms in total. The van der Waals surface area contributed by atoms with Crippen LogP contribution in [0, 0.1) is 0 Å². The monoisotopic (exact) mass is 415 g/mol. The lowest BCUT2D eigenvalue weighted by Gasteiger charge is -2.18. The van der Waals surface area contributed by atoms with Crippen LogP contribution >= 0.6 is 23.8 Å². The normalized spacial score (nSPS) is 13.2. The molecule has 0 unspecified atom stereocenters. The van der Waals surface area contributed by atoms with E-state index in [0.29, 0.717) is 22.7 Å². The number of amides is 2. The highest BCUT2D eigenvalue weighted by molar-refractivity contribution is 7.80. The molecule has 1 aliphatic heterocycles. The third-order valence-corrected chi connectivity index (χ3v) is 5.20. The van der Waals surface area contributed by atoms with Crippen LogP contribution < -0.4 is 10.6 Å². The van der Waals surface area contributed by atoms with Crippen molar-refractivity contribution in [2.75, 3.05) is 18.4 Å². The van der Waals surface area contributed by atoms with Gasteiger partial charge < -0.3 is 15.5 Å². The van der Waals surface area contributed by atoms with Gasteiger partial charge in [0, 0.05) is 24.5 Å². The number of anilines is 1. The van der Waals surface area contributed by atoms with Gasteiger partial charge in [0.1, 0.15) is 0 Å². The summed E-state index contributed by atoms with van der Waals surface area (Å²) >= 11 is 11.4. The minimum absolute atomic E-state index is 0.0200. The minimum atomic E-state index is -0.208. The molecule has 28 heavy (non-hydrogen) atoms. The van der Waals surface area contributed by atoms with E-state index in [2.05, 4.69) is 10.6 Å². The highest BCUT2D eigenvalue weighted by Gasteiger charge is 2.22. The van der Waals surface area contributed by atoms with E-state index in [0.717, 1.165) is 31.5 Å². The summed E-state index contributed by atoms with van der Waals surface area (Å²) in [6.45, 7) is 1.55. The van der Waals surface area contributed by atoms with Crippen molar-refractivity contribution in [3.8, 4) is 0 Å². The molecule has 0 radical (unpaired) electrons. The van der Waals surface area contributed by atoms with Gasteiger partial charge in [0.05, 0.1) is 11.3 Å². The van der Waals surface area contributed by atoms with Gasteiger partial charge in [-0.2, -0.15) is 0 Å². The first kappa shape index (κ1) is 20.3. The van der Waals surface area contributed by atoms with Crippen molar-refractivity contribution >= 4 is 46.4 Å². The summed E-state index contributed by atoms with van der Waals surface area (Å²) in [6, 6.07) is 14.6. The first-order valence-corrected chi connectivity index (χ1v) is 10.1. The van der Waals surface area contributed by atoms with Crippen molar-refractivity contribution in [1.29, 1.82) is 0 Å². The van der Waals surface area contributed by atoms with Crippen LogP contribution in [0.5, 0.6) is 0 Å². The SMILES string of the molecule is O=C(CCc1ccccc1Cl)NC(=S)Nc1ccccc1C(=O)N1CCCC1. The minimum Gasteiger partial charge on any atom is -0.339 e. The number of hydrogen-bond donors (Lipinski definition) is 2. The van der Waals surface area contributed by atoms with Gasteiger partial charge in [-0.3, -0.25) is 9.59 Å². The standard InChI is InChI=1S/C21H22ClN3O2S/c22-17-9-3-1-7-15(17)11-12-19(26)24-21(28)23-18-10-4-2-8-16(18)20(27)25-13-5-6-14-25/h1-4,7-10H,5-6,11-14H2,(H2,23,24,26,28). The van der Waals surface area contributed by atoms with Gasteiger partial charge >= 0.3 is 0 Å². The molecule has 0 atom stereocenters. The number of likely N-dealkylation sites (tertiary alicyclic amines) is 1. The molecule has 0 aliphatic carbocycles. The molecule has 2 N–H and O–H groups in total. The second-order valence-corrected chi connectivity index (χ2v) is 7.45. The number of carbonyl (C=O) groups is 2. The van der Waals surface area contributed by atoms with Crippen molar-refractivity contribution in [2.24, 2.45) is 0 Å². The van der Waals surface area contributed by atoms with Crippen LogP contribution in [0.4, 0.5) is 5.69 Å². The van der Waals surface area contributed by atoms with Crippen molar-refractivity contribution in [3.63, 3.8) is 0 Å². The predicted octanol–water partition coefficient (Wildman–Crippen LogP) is 4.02. The average molecular weight is 416 g/mol. The fourth-order valence-electron chi connectivity index (χ4n) is 3.16. The van der Waals surface area contributed by atoms with Gasteiger partial charge in [-0.1, -0.05) is 41.9 Å². The molecule has 1 aliphatic rings. The van der Waals surface area contributed by atoms with E-state index < -0.39 is 0 Å². The van der Waals surface area contributed by atoms with E-state index in [1.165, 1.54) is 0 Å². The van der Waals surface area contributed by atoms with E-state index >= 15 is 0 Å². The number of halogens is 1. The Balaban J connectivity index is 1.56. The van der Waals surface area contributed by atoms with Crippen molar-refractivity contribution < 1.29 is 9.59 Å². The molecule has 2 aromatic carbocycles. The van der Waals surface area contributed by atoms with Gasteiger partial charge in [-0.25, -0.2) is 0 Å². The Morgan fingerprint density at radius 3 is 2.46 bits per heavy atom. The van der Waals surface area contributed by atoms with E-state index in [9.17, 15) is 9.59 Å². The van der Waals surface area contributed by atoms with Crippen LogP contribution in [-0.2, 0) is 11.2 Å². The van der Waals surface area contributed by atoms with E-state index in [4.69, 9.17) is 23.8 Å². The van der Waals surface area contributed by atoms with Gasteiger partial charge in [-0.05, 0) is 55.2 Å². The number of para-hydroxylation sites is 1. The largest absolute Gasteiger partial charge is 0.339 e. The molecular weight excluding hydrogens is 394 g/mol.